The Balaban J connectivity index is 1.57. The second kappa shape index (κ2) is 10.4. The van der Waals surface area contributed by atoms with Crippen molar-refractivity contribution in [3.63, 3.8) is 0 Å². The molecule has 6 nitrogen and oxygen atoms in total. The highest BCUT2D eigenvalue weighted by Gasteiger charge is 2.17. The third-order valence-corrected chi connectivity index (χ3v) is 5.73. The first-order valence-corrected chi connectivity index (χ1v) is 10.7. The number of likely N-dealkylation sites (N-methyl/N-ethyl adjacent to an activating group) is 1. The van der Waals surface area contributed by atoms with Crippen LogP contribution in [0.25, 0.3) is 0 Å². The number of halogens is 1. The Morgan fingerprint density at radius 3 is 2.63 bits per heavy atom. The monoisotopic (exact) mass is 427 g/mol. The Bertz CT molecular complexity index is 977. The molecular weight excluding hydrogens is 401 g/mol. The fraction of sp³-hybridized carbons (Fsp3) is 0.318. The lowest BCUT2D eigenvalue weighted by Crippen LogP contribution is -2.35. The molecule has 0 bridgehead atoms. The van der Waals surface area contributed by atoms with E-state index < -0.39 is 0 Å². The minimum absolute atomic E-state index is 0.102. The molecule has 2 aromatic carbocycles. The molecule has 0 aliphatic carbocycles. The van der Waals surface area contributed by atoms with E-state index in [0.717, 1.165) is 17.0 Å². The average Bonchev–Trinajstić information content (AvgIpc) is 3.06. The van der Waals surface area contributed by atoms with E-state index in [2.05, 4.69) is 15.5 Å². The van der Waals surface area contributed by atoms with E-state index in [-0.39, 0.29) is 23.5 Å². The van der Waals surface area contributed by atoms with Crippen LogP contribution in [0.4, 0.5) is 4.39 Å². The SMILES string of the molecule is Cc1nnc(SCC(=O)NCC(c2cccc(F)c2)N(C)C)n1Cc1ccccc1. The maximum atomic E-state index is 13.6. The zero-order valence-electron chi connectivity index (χ0n) is 17.4. The van der Waals surface area contributed by atoms with Crippen LogP contribution >= 0.6 is 11.8 Å². The lowest BCUT2D eigenvalue weighted by Gasteiger charge is -2.25. The summed E-state index contributed by atoms with van der Waals surface area (Å²) in [5.41, 5.74) is 1.97. The van der Waals surface area contributed by atoms with E-state index in [1.807, 2.05) is 66.9 Å². The van der Waals surface area contributed by atoms with E-state index in [9.17, 15) is 9.18 Å². The second-order valence-corrected chi connectivity index (χ2v) is 8.17. The van der Waals surface area contributed by atoms with E-state index in [4.69, 9.17) is 0 Å². The molecule has 1 unspecified atom stereocenters. The molecule has 0 aliphatic heterocycles. The number of hydrogen-bond donors (Lipinski definition) is 1. The van der Waals surface area contributed by atoms with Crippen LogP contribution in [0, 0.1) is 12.7 Å². The summed E-state index contributed by atoms with van der Waals surface area (Å²) in [5, 5.41) is 12.0. The first-order valence-electron chi connectivity index (χ1n) is 9.69. The number of carbonyl (C=O) groups excluding carboxylic acids is 1. The van der Waals surface area contributed by atoms with Crippen LogP contribution in [-0.4, -0.2) is 52.0 Å². The summed E-state index contributed by atoms with van der Waals surface area (Å²) < 4.78 is 15.6. The normalized spacial score (nSPS) is 12.2. The Kier molecular flexibility index (Phi) is 7.59. The van der Waals surface area contributed by atoms with Gasteiger partial charge in [-0.3, -0.25) is 4.79 Å². The Hall–Kier alpha value is -2.71. The molecule has 3 rings (SSSR count). The molecule has 0 fully saturated rings. The van der Waals surface area contributed by atoms with Gasteiger partial charge in [0.15, 0.2) is 5.16 Å². The number of aromatic nitrogens is 3. The van der Waals surface area contributed by atoms with Crippen LogP contribution in [-0.2, 0) is 11.3 Å². The minimum Gasteiger partial charge on any atom is -0.353 e. The minimum atomic E-state index is -0.283. The van der Waals surface area contributed by atoms with Gasteiger partial charge in [-0.25, -0.2) is 4.39 Å². The molecule has 30 heavy (non-hydrogen) atoms. The molecule has 0 saturated carbocycles. The number of carbonyl (C=O) groups is 1. The summed E-state index contributed by atoms with van der Waals surface area (Å²) in [6.45, 7) is 2.96. The molecular formula is C22H26FN5OS. The van der Waals surface area contributed by atoms with Crippen molar-refractivity contribution in [1.82, 2.24) is 25.0 Å². The largest absolute Gasteiger partial charge is 0.353 e. The zero-order valence-corrected chi connectivity index (χ0v) is 18.2. The highest BCUT2D eigenvalue weighted by atomic mass is 32.2. The average molecular weight is 428 g/mol. The maximum absolute atomic E-state index is 13.6. The standard InChI is InChI=1S/C22H26FN5OS/c1-16-25-26-22(28(16)14-17-8-5-4-6-9-17)30-15-21(29)24-13-20(27(2)3)18-10-7-11-19(23)12-18/h4-12,20H,13-15H2,1-3H3,(H,24,29). The summed E-state index contributed by atoms with van der Waals surface area (Å²) in [6, 6.07) is 16.4. The molecule has 0 aliphatic rings. The predicted octanol–water partition coefficient (Wildman–Crippen LogP) is 3.29. The van der Waals surface area contributed by atoms with Crippen molar-refractivity contribution >= 4 is 17.7 Å². The van der Waals surface area contributed by atoms with E-state index in [0.29, 0.717) is 18.2 Å². The Morgan fingerprint density at radius 1 is 1.17 bits per heavy atom. The van der Waals surface area contributed by atoms with Crippen LogP contribution < -0.4 is 5.32 Å². The number of thioether (sulfide) groups is 1. The third kappa shape index (κ3) is 5.90. The van der Waals surface area contributed by atoms with Gasteiger partial charge in [-0.1, -0.05) is 54.2 Å². The quantitative estimate of drug-likeness (QED) is 0.531. The molecule has 1 aromatic heterocycles. The summed E-state index contributed by atoms with van der Waals surface area (Å²) in [4.78, 5) is 14.4. The van der Waals surface area contributed by atoms with Crippen molar-refractivity contribution in [2.45, 2.75) is 24.7 Å². The van der Waals surface area contributed by atoms with Gasteiger partial charge < -0.3 is 14.8 Å². The van der Waals surface area contributed by atoms with Gasteiger partial charge in [-0.2, -0.15) is 0 Å². The van der Waals surface area contributed by atoms with Gasteiger partial charge in [0.05, 0.1) is 18.3 Å². The van der Waals surface area contributed by atoms with E-state index >= 15 is 0 Å². The van der Waals surface area contributed by atoms with Gasteiger partial charge in [0.1, 0.15) is 11.6 Å². The number of rotatable bonds is 9. The molecule has 1 N–H and O–H groups in total. The smallest absolute Gasteiger partial charge is 0.230 e. The number of aryl methyl sites for hydroxylation is 1. The summed E-state index contributed by atoms with van der Waals surface area (Å²) in [5.74, 6) is 0.654. The summed E-state index contributed by atoms with van der Waals surface area (Å²) in [6.07, 6.45) is 0. The Labute approximate surface area is 180 Å². The number of nitrogens with zero attached hydrogens (tertiary/aromatic N) is 4. The van der Waals surface area contributed by atoms with Crippen LogP contribution in [0.15, 0.2) is 59.8 Å². The van der Waals surface area contributed by atoms with Gasteiger partial charge in [-0.15, -0.1) is 10.2 Å². The topological polar surface area (TPSA) is 63.1 Å². The first kappa shape index (κ1) is 22.0. The Morgan fingerprint density at radius 2 is 1.93 bits per heavy atom. The summed E-state index contributed by atoms with van der Waals surface area (Å²) >= 11 is 1.36. The van der Waals surface area contributed by atoms with Gasteiger partial charge >= 0.3 is 0 Å². The molecule has 0 saturated heterocycles. The molecule has 1 atom stereocenters. The number of benzene rings is 2. The van der Waals surface area contributed by atoms with Crippen molar-refractivity contribution in [3.05, 3.63) is 77.4 Å². The summed E-state index contributed by atoms with van der Waals surface area (Å²) in [7, 11) is 3.82. The number of amides is 1. The highest BCUT2D eigenvalue weighted by molar-refractivity contribution is 7.99. The van der Waals surface area contributed by atoms with Gasteiger partial charge in [-0.05, 0) is 44.3 Å². The fourth-order valence-electron chi connectivity index (χ4n) is 3.12. The van der Waals surface area contributed by atoms with Crippen LogP contribution in [0.1, 0.15) is 23.0 Å². The molecule has 8 heteroatoms. The van der Waals surface area contributed by atoms with E-state index in [1.54, 1.807) is 6.07 Å². The highest BCUT2D eigenvalue weighted by Crippen LogP contribution is 2.20. The van der Waals surface area contributed by atoms with Gasteiger partial charge in [0, 0.05) is 6.54 Å². The van der Waals surface area contributed by atoms with Crippen LogP contribution in [0.5, 0.6) is 0 Å². The zero-order chi connectivity index (χ0) is 21.5. The van der Waals surface area contributed by atoms with Gasteiger partial charge in [0.25, 0.3) is 0 Å². The van der Waals surface area contributed by atoms with Crippen molar-refractivity contribution in [2.75, 3.05) is 26.4 Å². The van der Waals surface area contributed by atoms with E-state index in [1.165, 1.54) is 23.9 Å². The van der Waals surface area contributed by atoms with Crippen LogP contribution in [0.2, 0.25) is 0 Å². The molecule has 0 radical (unpaired) electrons. The predicted molar refractivity (Wildman–Crippen MR) is 117 cm³/mol. The first-order chi connectivity index (χ1) is 14.4. The molecule has 1 heterocycles. The lowest BCUT2D eigenvalue weighted by molar-refractivity contribution is -0.118. The maximum Gasteiger partial charge on any atom is 0.230 e. The van der Waals surface area contributed by atoms with Crippen molar-refractivity contribution in [2.24, 2.45) is 0 Å². The van der Waals surface area contributed by atoms with Crippen molar-refractivity contribution in [1.29, 1.82) is 0 Å². The van der Waals surface area contributed by atoms with Crippen molar-refractivity contribution in [3.8, 4) is 0 Å². The lowest BCUT2D eigenvalue weighted by atomic mass is 10.1. The fourth-order valence-corrected chi connectivity index (χ4v) is 3.93. The molecule has 158 valence electrons. The second-order valence-electron chi connectivity index (χ2n) is 7.23. The molecule has 3 aromatic rings. The van der Waals surface area contributed by atoms with Gasteiger partial charge in [0.2, 0.25) is 5.91 Å². The third-order valence-electron chi connectivity index (χ3n) is 4.77. The number of hydrogen-bond acceptors (Lipinski definition) is 5. The van der Waals surface area contributed by atoms with Crippen molar-refractivity contribution < 1.29 is 9.18 Å². The number of nitrogens with one attached hydrogen (secondary N) is 1. The molecule has 0 spiro atoms. The van der Waals surface area contributed by atoms with Crippen LogP contribution in [0.3, 0.4) is 0 Å². The molecule has 1 amide bonds.